The van der Waals surface area contributed by atoms with Crippen LogP contribution in [0.5, 0.6) is 0 Å². The van der Waals surface area contributed by atoms with Crippen molar-refractivity contribution < 1.29 is 18.0 Å². The van der Waals surface area contributed by atoms with Gasteiger partial charge in [0.15, 0.2) is 0 Å². The first-order valence-corrected chi connectivity index (χ1v) is 15.6. The standard InChI is InChI=1S/C29H40ClN3O4S/c1-21-16-17-22(2)27(19-21)33(38(4,36)37)18-10-15-28(34)32(20-24-11-8-9-14-26(24)30)23(3)29(35)31-25-12-6-5-7-13-25/h8-9,11,14,16-17,19,23,25H,5-7,10,12-13,15,18,20H2,1-4H3,(H,31,35)/t23-/m1/s1. The molecule has 2 aromatic carbocycles. The first-order chi connectivity index (χ1) is 18.0. The normalized spacial score (nSPS) is 15.1. The number of benzene rings is 2. The summed E-state index contributed by atoms with van der Waals surface area (Å²) in [6, 6.07) is 12.4. The molecule has 1 N–H and O–H groups in total. The van der Waals surface area contributed by atoms with Crippen molar-refractivity contribution in [2.75, 3.05) is 17.1 Å². The molecule has 0 heterocycles. The Bertz CT molecular complexity index is 1230. The van der Waals surface area contributed by atoms with Crippen LogP contribution in [0.3, 0.4) is 0 Å². The molecule has 0 radical (unpaired) electrons. The first-order valence-electron chi connectivity index (χ1n) is 13.4. The molecule has 1 saturated carbocycles. The van der Waals surface area contributed by atoms with Crippen molar-refractivity contribution in [3.8, 4) is 0 Å². The molecule has 7 nitrogen and oxygen atoms in total. The van der Waals surface area contributed by atoms with Crippen LogP contribution in [0.25, 0.3) is 0 Å². The van der Waals surface area contributed by atoms with Crippen molar-refractivity contribution in [3.05, 3.63) is 64.2 Å². The average molecular weight is 562 g/mol. The van der Waals surface area contributed by atoms with E-state index in [1.54, 1.807) is 17.9 Å². The van der Waals surface area contributed by atoms with E-state index >= 15 is 0 Å². The fourth-order valence-corrected chi connectivity index (χ4v) is 6.14. The third kappa shape index (κ3) is 8.21. The number of nitrogens with one attached hydrogen (secondary N) is 1. The van der Waals surface area contributed by atoms with Gasteiger partial charge in [0.1, 0.15) is 6.04 Å². The van der Waals surface area contributed by atoms with Gasteiger partial charge in [-0.15, -0.1) is 0 Å². The molecule has 1 fully saturated rings. The summed E-state index contributed by atoms with van der Waals surface area (Å²) in [5, 5.41) is 3.66. The number of amides is 2. The Morgan fingerprint density at radius 3 is 2.42 bits per heavy atom. The van der Waals surface area contributed by atoms with Gasteiger partial charge < -0.3 is 10.2 Å². The van der Waals surface area contributed by atoms with E-state index in [1.165, 1.54) is 17.0 Å². The van der Waals surface area contributed by atoms with Gasteiger partial charge in [0.2, 0.25) is 21.8 Å². The van der Waals surface area contributed by atoms with Gasteiger partial charge in [-0.1, -0.05) is 61.2 Å². The lowest BCUT2D eigenvalue weighted by atomic mass is 9.95. The predicted octanol–water partition coefficient (Wildman–Crippen LogP) is 5.37. The lowest BCUT2D eigenvalue weighted by molar-refractivity contribution is -0.141. The first kappa shape index (κ1) is 30.0. The molecule has 1 aliphatic rings. The van der Waals surface area contributed by atoms with Crippen LogP contribution in [-0.2, 0) is 26.2 Å². The third-order valence-corrected chi connectivity index (χ3v) is 8.75. The summed E-state index contributed by atoms with van der Waals surface area (Å²) in [6.45, 7) is 5.89. The Morgan fingerprint density at radius 1 is 1.08 bits per heavy atom. The van der Waals surface area contributed by atoms with Crippen molar-refractivity contribution in [3.63, 3.8) is 0 Å². The lowest BCUT2D eigenvalue weighted by Crippen LogP contribution is -2.50. The molecule has 38 heavy (non-hydrogen) atoms. The molecule has 0 aliphatic heterocycles. The summed E-state index contributed by atoms with van der Waals surface area (Å²) in [7, 11) is -3.55. The monoisotopic (exact) mass is 561 g/mol. The minimum absolute atomic E-state index is 0.0996. The highest BCUT2D eigenvalue weighted by Crippen LogP contribution is 2.25. The maximum absolute atomic E-state index is 13.5. The number of hydrogen-bond donors (Lipinski definition) is 1. The SMILES string of the molecule is Cc1ccc(C)c(N(CCCC(=O)N(Cc2ccccc2Cl)[C@H](C)C(=O)NC2CCCCC2)S(C)(=O)=O)c1. The highest BCUT2D eigenvalue weighted by molar-refractivity contribution is 7.92. The second kappa shape index (κ2) is 13.5. The lowest BCUT2D eigenvalue weighted by Gasteiger charge is -2.32. The number of carbonyl (C=O) groups excluding carboxylic acids is 2. The summed E-state index contributed by atoms with van der Waals surface area (Å²) in [5.74, 6) is -0.393. The van der Waals surface area contributed by atoms with E-state index in [0.717, 1.165) is 42.4 Å². The number of nitrogens with zero attached hydrogens (tertiary/aromatic N) is 2. The highest BCUT2D eigenvalue weighted by Gasteiger charge is 2.29. The van der Waals surface area contributed by atoms with Crippen molar-refractivity contribution in [1.29, 1.82) is 0 Å². The molecule has 9 heteroatoms. The van der Waals surface area contributed by atoms with Gasteiger partial charge in [-0.3, -0.25) is 13.9 Å². The van der Waals surface area contributed by atoms with Gasteiger partial charge in [-0.05, 0) is 68.9 Å². The molecule has 1 atom stereocenters. The zero-order valence-corrected chi connectivity index (χ0v) is 24.4. The summed E-state index contributed by atoms with van der Waals surface area (Å²) >= 11 is 6.39. The average Bonchev–Trinajstić information content (AvgIpc) is 2.87. The van der Waals surface area contributed by atoms with Crippen LogP contribution in [0, 0.1) is 13.8 Å². The Labute approximate surface area is 232 Å². The van der Waals surface area contributed by atoms with Crippen LogP contribution in [0.4, 0.5) is 5.69 Å². The molecular weight excluding hydrogens is 522 g/mol. The van der Waals surface area contributed by atoms with Gasteiger partial charge in [-0.25, -0.2) is 8.42 Å². The quantitative estimate of drug-likeness (QED) is 0.399. The van der Waals surface area contributed by atoms with Gasteiger partial charge in [-0.2, -0.15) is 0 Å². The van der Waals surface area contributed by atoms with Crippen LogP contribution >= 0.6 is 11.6 Å². The summed E-state index contributed by atoms with van der Waals surface area (Å²) < 4.78 is 26.6. The number of halogens is 1. The van der Waals surface area contributed by atoms with E-state index in [0.29, 0.717) is 17.1 Å². The molecule has 0 saturated heterocycles. The molecule has 0 unspecified atom stereocenters. The van der Waals surface area contributed by atoms with Crippen molar-refractivity contribution >= 4 is 39.1 Å². The molecule has 0 spiro atoms. The second-order valence-electron chi connectivity index (χ2n) is 10.4. The second-order valence-corrected chi connectivity index (χ2v) is 12.7. The topological polar surface area (TPSA) is 86.8 Å². The Balaban J connectivity index is 1.75. The van der Waals surface area contributed by atoms with Gasteiger partial charge in [0, 0.05) is 30.6 Å². The molecule has 2 aromatic rings. The third-order valence-electron chi connectivity index (χ3n) is 7.20. The highest BCUT2D eigenvalue weighted by atomic mass is 35.5. The molecular formula is C29H40ClN3O4S. The molecule has 0 aromatic heterocycles. The smallest absolute Gasteiger partial charge is 0.242 e. The van der Waals surface area contributed by atoms with E-state index in [1.807, 2.05) is 50.2 Å². The van der Waals surface area contributed by atoms with E-state index in [2.05, 4.69) is 5.32 Å². The van der Waals surface area contributed by atoms with Crippen molar-refractivity contribution in [1.82, 2.24) is 10.2 Å². The number of rotatable bonds is 11. The fourth-order valence-electron chi connectivity index (χ4n) is 4.93. The van der Waals surface area contributed by atoms with E-state index in [9.17, 15) is 18.0 Å². The van der Waals surface area contributed by atoms with E-state index in [4.69, 9.17) is 11.6 Å². The Kier molecular flexibility index (Phi) is 10.6. The number of carbonyl (C=O) groups is 2. The van der Waals surface area contributed by atoms with E-state index in [-0.39, 0.29) is 37.4 Å². The molecule has 0 bridgehead atoms. The van der Waals surface area contributed by atoms with Crippen LogP contribution in [-0.4, -0.2) is 50.0 Å². The summed E-state index contributed by atoms with van der Waals surface area (Å²) in [5.41, 5.74) is 3.18. The number of anilines is 1. The van der Waals surface area contributed by atoms with Crippen LogP contribution in [0.15, 0.2) is 42.5 Å². The molecule has 1 aliphatic carbocycles. The van der Waals surface area contributed by atoms with Gasteiger partial charge in [0.05, 0.1) is 11.9 Å². The maximum Gasteiger partial charge on any atom is 0.242 e. The minimum atomic E-state index is -3.55. The fraction of sp³-hybridized carbons (Fsp3) is 0.517. The maximum atomic E-state index is 13.5. The number of sulfonamides is 1. The Hall–Kier alpha value is -2.58. The minimum Gasteiger partial charge on any atom is -0.352 e. The summed E-state index contributed by atoms with van der Waals surface area (Å²) in [4.78, 5) is 28.3. The molecule has 2 amide bonds. The van der Waals surface area contributed by atoms with Gasteiger partial charge in [0.25, 0.3) is 0 Å². The number of aryl methyl sites for hydroxylation is 2. The Morgan fingerprint density at radius 2 is 1.76 bits per heavy atom. The van der Waals surface area contributed by atoms with Crippen LogP contribution in [0.1, 0.15) is 68.6 Å². The van der Waals surface area contributed by atoms with Crippen LogP contribution < -0.4 is 9.62 Å². The molecule has 208 valence electrons. The summed E-state index contributed by atoms with van der Waals surface area (Å²) in [6.07, 6.45) is 6.88. The largest absolute Gasteiger partial charge is 0.352 e. The van der Waals surface area contributed by atoms with Gasteiger partial charge >= 0.3 is 0 Å². The van der Waals surface area contributed by atoms with Crippen molar-refractivity contribution in [2.24, 2.45) is 0 Å². The van der Waals surface area contributed by atoms with Crippen LogP contribution in [0.2, 0.25) is 5.02 Å². The molecule has 3 rings (SSSR count). The van der Waals surface area contributed by atoms with Crippen molar-refractivity contribution in [2.45, 2.75) is 84.3 Å². The number of hydrogen-bond acceptors (Lipinski definition) is 4. The zero-order chi connectivity index (χ0) is 27.9. The van der Waals surface area contributed by atoms with E-state index < -0.39 is 16.1 Å². The predicted molar refractivity (Wildman–Crippen MR) is 154 cm³/mol. The zero-order valence-electron chi connectivity index (χ0n) is 22.9.